The second-order valence-electron chi connectivity index (χ2n) is 5.00. The lowest BCUT2D eigenvalue weighted by atomic mass is 10.1. The van der Waals surface area contributed by atoms with Crippen LogP contribution in [0.1, 0.15) is 39.3 Å². The number of fused-ring (bicyclic) bond motifs is 1. The molecule has 0 spiro atoms. The average molecular weight is 240 g/mol. The molecule has 0 radical (unpaired) electrons. The fourth-order valence-electron chi connectivity index (χ4n) is 2.62. The van der Waals surface area contributed by atoms with Gasteiger partial charge in [0, 0.05) is 17.7 Å². The molecule has 2 aromatic rings. The van der Waals surface area contributed by atoms with E-state index in [1.165, 1.54) is 16.8 Å². The molecule has 1 aromatic carbocycles. The minimum atomic E-state index is 0.280. The molecule has 92 valence electrons. The van der Waals surface area contributed by atoms with Crippen LogP contribution in [0.2, 0.25) is 0 Å². The molecule has 1 aliphatic carbocycles. The lowest BCUT2D eigenvalue weighted by molar-refractivity contribution is 0.0994. The van der Waals surface area contributed by atoms with Gasteiger partial charge in [-0.25, -0.2) is 0 Å². The number of benzene rings is 1. The zero-order chi connectivity index (χ0) is 12.7. The third-order valence-corrected chi connectivity index (χ3v) is 3.53. The van der Waals surface area contributed by atoms with Crippen molar-refractivity contribution in [1.82, 2.24) is 9.78 Å². The van der Waals surface area contributed by atoms with E-state index in [2.05, 4.69) is 24.2 Å². The predicted molar refractivity (Wildman–Crippen MR) is 69.9 cm³/mol. The Labute approximate surface area is 106 Å². The minimum absolute atomic E-state index is 0.280. The number of aromatic nitrogens is 2. The monoisotopic (exact) mass is 240 g/mol. The SMILES string of the molecule is Cc1cc(C)n(Cc2ccc3c(c2)CCC3=O)n1. The number of carbonyl (C=O) groups excluding carboxylic acids is 1. The average Bonchev–Trinajstić information content (AvgIpc) is 2.84. The van der Waals surface area contributed by atoms with Crippen molar-refractivity contribution in [3.05, 3.63) is 52.3 Å². The fourth-order valence-corrected chi connectivity index (χ4v) is 2.62. The van der Waals surface area contributed by atoms with Crippen LogP contribution in [0, 0.1) is 13.8 Å². The molecule has 0 N–H and O–H groups in total. The molecule has 1 aliphatic rings. The lowest BCUT2D eigenvalue weighted by Gasteiger charge is -2.06. The van der Waals surface area contributed by atoms with Gasteiger partial charge in [-0.2, -0.15) is 5.10 Å². The zero-order valence-electron chi connectivity index (χ0n) is 10.7. The molecule has 0 amide bonds. The van der Waals surface area contributed by atoms with Crippen molar-refractivity contribution in [2.45, 2.75) is 33.2 Å². The Hall–Kier alpha value is -1.90. The number of carbonyl (C=O) groups is 1. The molecule has 0 unspecified atom stereocenters. The Kier molecular flexibility index (Phi) is 2.54. The first-order valence-corrected chi connectivity index (χ1v) is 6.29. The summed E-state index contributed by atoms with van der Waals surface area (Å²) in [4.78, 5) is 11.6. The van der Waals surface area contributed by atoms with Crippen LogP contribution in [0.3, 0.4) is 0 Å². The Balaban J connectivity index is 1.90. The number of aryl methyl sites for hydroxylation is 3. The van der Waals surface area contributed by atoms with Gasteiger partial charge in [0.05, 0.1) is 12.2 Å². The quantitative estimate of drug-likeness (QED) is 0.809. The summed E-state index contributed by atoms with van der Waals surface area (Å²) in [6, 6.07) is 8.23. The van der Waals surface area contributed by atoms with E-state index in [0.29, 0.717) is 6.42 Å². The molecule has 0 saturated carbocycles. The van der Waals surface area contributed by atoms with E-state index < -0.39 is 0 Å². The molecule has 0 saturated heterocycles. The van der Waals surface area contributed by atoms with Gasteiger partial charge in [0.1, 0.15) is 0 Å². The summed E-state index contributed by atoms with van der Waals surface area (Å²) in [6.45, 7) is 4.85. The van der Waals surface area contributed by atoms with Gasteiger partial charge >= 0.3 is 0 Å². The van der Waals surface area contributed by atoms with E-state index in [4.69, 9.17) is 0 Å². The van der Waals surface area contributed by atoms with Crippen LogP contribution in [0.5, 0.6) is 0 Å². The number of hydrogen-bond acceptors (Lipinski definition) is 2. The molecular formula is C15H16N2O. The molecule has 0 bridgehead atoms. The minimum Gasteiger partial charge on any atom is -0.294 e. The summed E-state index contributed by atoms with van der Waals surface area (Å²) in [5.74, 6) is 0.280. The molecule has 18 heavy (non-hydrogen) atoms. The Morgan fingerprint density at radius 2 is 2.06 bits per heavy atom. The highest BCUT2D eigenvalue weighted by atomic mass is 16.1. The predicted octanol–water partition coefficient (Wildman–Crippen LogP) is 2.68. The van der Waals surface area contributed by atoms with Crippen molar-refractivity contribution >= 4 is 5.78 Å². The van der Waals surface area contributed by atoms with Crippen LogP contribution in [-0.4, -0.2) is 15.6 Å². The van der Waals surface area contributed by atoms with Crippen LogP contribution < -0.4 is 0 Å². The number of rotatable bonds is 2. The normalized spacial score (nSPS) is 14.0. The number of Topliss-reactive ketones (excluding diaryl/α,β-unsaturated/α-hetero) is 1. The standard InChI is InChI=1S/C15H16N2O/c1-10-7-11(2)17(16-10)9-12-3-5-14-13(8-12)4-6-15(14)18/h3,5,7-8H,4,6,9H2,1-2H3. The smallest absolute Gasteiger partial charge is 0.163 e. The first-order valence-electron chi connectivity index (χ1n) is 6.29. The highest BCUT2D eigenvalue weighted by Gasteiger charge is 2.19. The first-order chi connectivity index (χ1) is 8.63. The Morgan fingerprint density at radius 3 is 2.78 bits per heavy atom. The largest absolute Gasteiger partial charge is 0.294 e. The van der Waals surface area contributed by atoms with Gasteiger partial charge in [-0.3, -0.25) is 9.48 Å². The second kappa shape index (κ2) is 4.09. The van der Waals surface area contributed by atoms with Crippen LogP contribution in [-0.2, 0) is 13.0 Å². The molecule has 0 atom stereocenters. The lowest BCUT2D eigenvalue weighted by Crippen LogP contribution is -2.04. The van der Waals surface area contributed by atoms with Gasteiger partial charge in [0.15, 0.2) is 5.78 Å². The summed E-state index contributed by atoms with van der Waals surface area (Å²) < 4.78 is 2.01. The molecular weight excluding hydrogens is 224 g/mol. The summed E-state index contributed by atoms with van der Waals surface area (Å²) in [5, 5.41) is 4.46. The van der Waals surface area contributed by atoms with Gasteiger partial charge < -0.3 is 0 Å². The van der Waals surface area contributed by atoms with Crippen molar-refractivity contribution in [2.24, 2.45) is 0 Å². The third kappa shape index (κ3) is 1.86. The highest BCUT2D eigenvalue weighted by Crippen LogP contribution is 2.23. The van der Waals surface area contributed by atoms with E-state index in [1.54, 1.807) is 0 Å². The maximum atomic E-state index is 11.6. The number of hydrogen-bond donors (Lipinski definition) is 0. The molecule has 0 aliphatic heterocycles. The Morgan fingerprint density at radius 1 is 1.22 bits per heavy atom. The molecule has 1 heterocycles. The third-order valence-electron chi connectivity index (χ3n) is 3.53. The van der Waals surface area contributed by atoms with Crippen molar-refractivity contribution in [3.8, 4) is 0 Å². The maximum absolute atomic E-state index is 11.6. The van der Waals surface area contributed by atoms with E-state index >= 15 is 0 Å². The van der Waals surface area contributed by atoms with E-state index in [9.17, 15) is 4.79 Å². The van der Waals surface area contributed by atoms with Gasteiger partial charge in [0.2, 0.25) is 0 Å². The molecule has 1 aromatic heterocycles. The summed E-state index contributed by atoms with van der Waals surface area (Å²) in [5.41, 5.74) is 5.54. The van der Waals surface area contributed by atoms with Crippen molar-refractivity contribution in [3.63, 3.8) is 0 Å². The van der Waals surface area contributed by atoms with Gasteiger partial charge in [-0.1, -0.05) is 18.2 Å². The van der Waals surface area contributed by atoms with Crippen molar-refractivity contribution < 1.29 is 4.79 Å². The number of nitrogens with zero attached hydrogens (tertiary/aromatic N) is 2. The van der Waals surface area contributed by atoms with Crippen molar-refractivity contribution in [2.75, 3.05) is 0 Å². The summed E-state index contributed by atoms with van der Waals surface area (Å²) in [6.07, 6.45) is 1.55. The topological polar surface area (TPSA) is 34.9 Å². The van der Waals surface area contributed by atoms with Crippen LogP contribution in [0.4, 0.5) is 0 Å². The Bertz CT molecular complexity index is 625. The second-order valence-corrected chi connectivity index (χ2v) is 5.00. The van der Waals surface area contributed by atoms with E-state index in [0.717, 1.165) is 24.2 Å². The maximum Gasteiger partial charge on any atom is 0.163 e. The summed E-state index contributed by atoms with van der Waals surface area (Å²) in [7, 11) is 0. The van der Waals surface area contributed by atoms with Crippen LogP contribution in [0.15, 0.2) is 24.3 Å². The number of ketones is 1. The molecule has 3 rings (SSSR count). The van der Waals surface area contributed by atoms with Crippen molar-refractivity contribution in [1.29, 1.82) is 0 Å². The van der Waals surface area contributed by atoms with Crippen LogP contribution >= 0.6 is 0 Å². The van der Waals surface area contributed by atoms with Gasteiger partial charge in [-0.05, 0) is 37.5 Å². The zero-order valence-corrected chi connectivity index (χ0v) is 10.7. The molecule has 0 fully saturated rings. The van der Waals surface area contributed by atoms with Crippen LogP contribution in [0.25, 0.3) is 0 Å². The van der Waals surface area contributed by atoms with Gasteiger partial charge in [-0.15, -0.1) is 0 Å². The first kappa shape index (κ1) is 11.2. The van der Waals surface area contributed by atoms with E-state index in [-0.39, 0.29) is 5.78 Å². The highest BCUT2D eigenvalue weighted by molar-refractivity contribution is 6.00. The fraction of sp³-hybridized carbons (Fsp3) is 0.333. The molecule has 3 heteroatoms. The van der Waals surface area contributed by atoms with E-state index in [1.807, 2.05) is 23.7 Å². The molecule has 3 nitrogen and oxygen atoms in total. The van der Waals surface area contributed by atoms with Gasteiger partial charge in [0.25, 0.3) is 0 Å². The summed E-state index contributed by atoms with van der Waals surface area (Å²) >= 11 is 0.